The van der Waals surface area contributed by atoms with E-state index in [-0.39, 0.29) is 0 Å². The van der Waals surface area contributed by atoms with Crippen molar-refractivity contribution in [1.82, 2.24) is 14.9 Å². The van der Waals surface area contributed by atoms with Crippen LogP contribution >= 0.6 is 15.9 Å². The molecule has 0 saturated carbocycles. The summed E-state index contributed by atoms with van der Waals surface area (Å²) in [4.78, 5) is 13.4. The van der Waals surface area contributed by atoms with Crippen molar-refractivity contribution in [2.24, 2.45) is 5.92 Å². The first kappa shape index (κ1) is 17.2. The lowest BCUT2D eigenvalue weighted by Gasteiger charge is -2.28. The van der Waals surface area contributed by atoms with Gasteiger partial charge in [0.05, 0.1) is 4.47 Å². The normalized spacial score (nSPS) is 11.2. The molecule has 0 fully saturated rings. The summed E-state index contributed by atoms with van der Waals surface area (Å²) in [6.07, 6.45) is 1.82. The van der Waals surface area contributed by atoms with Crippen LogP contribution in [0.1, 0.15) is 20.8 Å². The molecule has 1 aromatic rings. The van der Waals surface area contributed by atoms with Gasteiger partial charge in [0.1, 0.15) is 5.82 Å². The molecule has 5 nitrogen and oxygen atoms in total. The molecule has 1 rings (SSSR count). The minimum absolute atomic E-state index is 0.585. The predicted molar refractivity (Wildman–Crippen MR) is 89.5 cm³/mol. The number of likely N-dealkylation sites (N-methyl/N-ethyl adjacent to an activating group) is 1. The van der Waals surface area contributed by atoms with Crippen molar-refractivity contribution in [2.45, 2.75) is 20.8 Å². The van der Waals surface area contributed by atoms with E-state index in [9.17, 15) is 0 Å². The van der Waals surface area contributed by atoms with Gasteiger partial charge < -0.3 is 15.1 Å². The van der Waals surface area contributed by atoms with Crippen molar-refractivity contribution in [2.75, 3.05) is 50.5 Å². The maximum Gasteiger partial charge on any atom is 0.224 e. The lowest BCUT2D eigenvalue weighted by Crippen LogP contribution is -2.35. The summed E-state index contributed by atoms with van der Waals surface area (Å²) >= 11 is 3.57. The van der Waals surface area contributed by atoms with Crippen molar-refractivity contribution in [1.29, 1.82) is 0 Å². The summed E-state index contributed by atoms with van der Waals surface area (Å²) in [5.41, 5.74) is 0. The number of aromatic nitrogens is 2. The molecule has 0 spiro atoms. The standard InChI is InChI=1S/C14H26BrN5/c1-6-16-14-17-9-12(15)13(18-14)20(10-11(2)3)8-7-19(4)5/h9,11H,6-8,10H2,1-5H3,(H,16,17,18). The average molecular weight is 344 g/mol. The molecule has 0 aliphatic carbocycles. The first-order chi connectivity index (χ1) is 9.43. The molecule has 0 amide bonds. The van der Waals surface area contributed by atoms with E-state index in [0.29, 0.717) is 11.9 Å². The predicted octanol–water partition coefficient (Wildman–Crippen LogP) is 2.69. The van der Waals surface area contributed by atoms with E-state index in [1.165, 1.54) is 0 Å². The van der Waals surface area contributed by atoms with Crippen molar-refractivity contribution in [3.05, 3.63) is 10.7 Å². The maximum atomic E-state index is 4.63. The number of rotatable bonds is 8. The smallest absolute Gasteiger partial charge is 0.224 e. The van der Waals surface area contributed by atoms with E-state index in [2.05, 4.69) is 69.0 Å². The SMILES string of the molecule is CCNc1ncc(Br)c(N(CCN(C)C)CC(C)C)n1. The molecule has 0 aromatic carbocycles. The zero-order valence-electron chi connectivity index (χ0n) is 13.1. The Bertz CT molecular complexity index is 409. The fourth-order valence-electron chi connectivity index (χ4n) is 1.87. The van der Waals surface area contributed by atoms with Crippen LogP contribution in [0.5, 0.6) is 0 Å². The van der Waals surface area contributed by atoms with Crippen LogP contribution in [0.3, 0.4) is 0 Å². The van der Waals surface area contributed by atoms with Gasteiger partial charge in [-0.3, -0.25) is 0 Å². The Hall–Kier alpha value is -0.880. The monoisotopic (exact) mass is 343 g/mol. The quantitative estimate of drug-likeness (QED) is 0.786. The number of nitrogens with zero attached hydrogens (tertiary/aromatic N) is 4. The molecule has 0 aliphatic rings. The Kier molecular flexibility index (Phi) is 7.23. The van der Waals surface area contributed by atoms with Crippen LogP contribution in [0.4, 0.5) is 11.8 Å². The Morgan fingerprint density at radius 1 is 1.30 bits per heavy atom. The molecule has 0 aliphatic heterocycles. The summed E-state index contributed by atoms with van der Waals surface area (Å²) in [6.45, 7) is 10.2. The van der Waals surface area contributed by atoms with Crippen molar-refractivity contribution in [3.63, 3.8) is 0 Å². The molecular weight excluding hydrogens is 318 g/mol. The molecule has 0 atom stereocenters. The topological polar surface area (TPSA) is 44.3 Å². The molecule has 1 aromatic heterocycles. The van der Waals surface area contributed by atoms with Gasteiger partial charge in [0.25, 0.3) is 0 Å². The van der Waals surface area contributed by atoms with Crippen LogP contribution in [0.2, 0.25) is 0 Å². The van der Waals surface area contributed by atoms with E-state index >= 15 is 0 Å². The largest absolute Gasteiger partial charge is 0.354 e. The second-order valence-electron chi connectivity index (χ2n) is 5.54. The second-order valence-corrected chi connectivity index (χ2v) is 6.39. The summed E-state index contributed by atoms with van der Waals surface area (Å²) in [6, 6.07) is 0. The van der Waals surface area contributed by atoms with Gasteiger partial charge in [0.2, 0.25) is 5.95 Å². The second kappa shape index (κ2) is 8.42. The Morgan fingerprint density at radius 2 is 2.00 bits per heavy atom. The van der Waals surface area contributed by atoms with Gasteiger partial charge in [-0.2, -0.15) is 4.98 Å². The van der Waals surface area contributed by atoms with Gasteiger partial charge in [-0.05, 0) is 42.9 Å². The summed E-state index contributed by atoms with van der Waals surface area (Å²) < 4.78 is 0.943. The number of hydrogen-bond donors (Lipinski definition) is 1. The van der Waals surface area contributed by atoms with E-state index in [1.54, 1.807) is 0 Å². The summed E-state index contributed by atoms with van der Waals surface area (Å²) in [5.74, 6) is 2.23. The molecule has 1 heterocycles. The third-order valence-corrected chi connectivity index (χ3v) is 3.32. The molecule has 20 heavy (non-hydrogen) atoms. The molecular formula is C14H26BrN5. The number of hydrogen-bond acceptors (Lipinski definition) is 5. The highest BCUT2D eigenvalue weighted by Crippen LogP contribution is 2.25. The van der Waals surface area contributed by atoms with Crippen molar-refractivity contribution >= 4 is 27.7 Å². The van der Waals surface area contributed by atoms with Crippen LogP contribution in [0.25, 0.3) is 0 Å². The molecule has 0 bridgehead atoms. The van der Waals surface area contributed by atoms with Crippen molar-refractivity contribution < 1.29 is 0 Å². The van der Waals surface area contributed by atoms with Gasteiger partial charge in [-0.1, -0.05) is 13.8 Å². The molecule has 0 unspecified atom stereocenters. The third kappa shape index (κ3) is 5.63. The molecule has 6 heteroatoms. The highest BCUT2D eigenvalue weighted by molar-refractivity contribution is 9.10. The maximum absolute atomic E-state index is 4.63. The van der Waals surface area contributed by atoms with Crippen LogP contribution in [-0.4, -0.2) is 55.1 Å². The first-order valence-electron chi connectivity index (χ1n) is 7.10. The van der Waals surface area contributed by atoms with E-state index < -0.39 is 0 Å². The molecule has 0 radical (unpaired) electrons. The zero-order valence-corrected chi connectivity index (χ0v) is 14.7. The minimum atomic E-state index is 0.585. The van der Waals surface area contributed by atoms with Crippen LogP contribution in [0, 0.1) is 5.92 Å². The molecule has 1 N–H and O–H groups in total. The van der Waals surface area contributed by atoms with Gasteiger partial charge in [-0.15, -0.1) is 0 Å². The van der Waals surface area contributed by atoms with Crippen molar-refractivity contribution in [3.8, 4) is 0 Å². The van der Waals surface area contributed by atoms with Crippen LogP contribution in [-0.2, 0) is 0 Å². The number of halogens is 1. The minimum Gasteiger partial charge on any atom is -0.354 e. The Balaban J connectivity index is 2.95. The highest BCUT2D eigenvalue weighted by Gasteiger charge is 2.15. The fourth-order valence-corrected chi connectivity index (χ4v) is 2.31. The van der Waals surface area contributed by atoms with Gasteiger partial charge in [-0.25, -0.2) is 4.98 Å². The van der Waals surface area contributed by atoms with E-state index in [1.807, 2.05) is 13.1 Å². The van der Waals surface area contributed by atoms with Gasteiger partial charge >= 0.3 is 0 Å². The van der Waals surface area contributed by atoms with Gasteiger partial charge in [0, 0.05) is 32.4 Å². The highest BCUT2D eigenvalue weighted by atomic mass is 79.9. The molecule has 114 valence electrons. The Labute approximate surface area is 130 Å². The molecule has 0 saturated heterocycles. The number of anilines is 2. The summed E-state index contributed by atoms with van der Waals surface area (Å²) in [5, 5.41) is 3.17. The van der Waals surface area contributed by atoms with Crippen LogP contribution < -0.4 is 10.2 Å². The Morgan fingerprint density at radius 3 is 2.55 bits per heavy atom. The van der Waals surface area contributed by atoms with Crippen LogP contribution in [0.15, 0.2) is 10.7 Å². The third-order valence-electron chi connectivity index (χ3n) is 2.76. The zero-order chi connectivity index (χ0) is 15.1. The average Bonchev–Trinajstić information content (AvgIpc) is 2.36. The number of nitrogens with one attached hydrogen (secondary N) is 1. The fraction of sp³-hybridized carbons (Fsp3) is 0.714. The summed E-state index contributed by atoms with van der Waals surface area (Å²) in [7, 11) is 4.18. The lowest BCUT2D eigenvalue weighted by molar-refractivity contribution is 0.408. The van der Waals surface area contributed by atoms with Gasteiger partial charge in [0.15, 0.2) is 0 Å². The van der Waals surface area contributed by atoms with E-state index in [0.717, 1.165) is 36.5 Å². The first-order valence-corrected chi connectivity index (χ1v) is 7.89. The van der Waals surface area contributed by atoms with E-state index in [4.69, 9.17) is 0 Å². The lowest BCUT2D eigenvalue weighted by atomic mass is 10.2.